The molecule has 0 saturated carbocycles. The van der Waals surface area contributed by atoms with Crippen LogP contribution in [0.1, 0.15) is 76.0 Å². The Hall–Kier alpha value is -2.31. The smallest absolute Gasteiger partial charge is 0.326 e. The van der Waals surface area contributed by atoms with Crippen LogP contribution >= 0.6 is 8.38 Å². The maximum absolute atomic E-state index is 6.83. The molecule has 0 aromatic heterocycles. The molecular weight excluding hydrogens is 399 g/mol. The lowest BCUT2D eigenvalue weighted by molar-refractivity contribution is 0.488. The molecule has 3 aromatic rings. The second kappa shape index (κ2) is 9.45. The lowest BCUT2D eigenvalue weighted by Gasteiger charge is -2.30. The quantitative estimate of drug-likeness (QED) is 0.349. The summed E-state index contributed by atoms with van der Waals surface area (Å²) in [6, 6.07) is 21.5. The number of benzene rings is 3. The molecule has 4 rings (SSSR count). The van der Waals surface area contributed by atoms with Crippen molar-refractivity contribution in [2.75, 3.05) is 0 Å². The maximum atomic E-state index is 6.83. The minimum absolute atomic E-state index is 0.386. The third kappa shape index (κ3) is 4.51. The van der Waals surface area contributed by atoms with E-state index in [1.165, 1.54) is 35.1 Å². The molecule has 0 saturated heterocycles. The van der Waals surface area contributed by atoms with Gasteiger partial charge in [-0.1, -0.05) is 89.6 Å². The molecule has 0 radical (unpaired) electrons. The molecule has 1 aliphatic heterocycles. The second-order valence-electron chi connectivity index (χ2n) is 8.97. The minimum atomic E-state index is -1.25. The van der Waals surface area contributed by atoms with Crippen molar-refractivity contribution in [2.24, 2.45) is 0 Å². The normalized spacial score (nSPS) is 14.9. The molecule has 3 heteroatoms. The largest absolute Gasteiger partial charge is 0.435 e. The predicted octanol–water partition coefficient (Wildman–Crippen LogP) is 8.35. The van der Waals surface area contributed by atoms with Gasteiger partial charge in [0.25, 0.3) is 0 Å². The number of unbranched alkanes of at least 4 members (excludes halogenated alkanes) is 1. The van der Waals surface area contributed by atoms with Gasteiger partial charge in [-0.15, -0.1) is 0 Å². The Labute approximate surface area is 188 Å². The van der Waals surface area contributed by atoms with Crippen LogP contribution < -0.4 is 14.4 Å². The summed E-state index contributed by atoms with van der Waals surface area (Å²) in [6.07, 6.45) is 3.55. The number of hydrogen-bond donors (Lipinski definition) is 0. The van der Waals surface area contributed by atoms with Gasteiger partial charge in [-0.3, -0.25) is 0 Å². The Kier molecular flexibility index (Phi) is 6.68. The first-order valence-corrected chi connectivity index (χ1v) is 12.7. The first kappa shape index (κ1) is 21.9. The molecule has 0 bridgehead atoms. The Morgan fingerprint density at radius 1 is 0.839 bits per heavy atom. The molecule has 1 atom stereocenters. The molecule has 1 heterocycles. The third-order valence-corrected chi connectivity index (χ3v) is 7.40. The topological polar surface area (TPSA) is 18.5 Å². The number of fused-ring (bicyclic) bond motifs is 3. The van der Waals surface area contributed by atoms with Crippen molar-refractivity contribution in [3.8, 4) is 22.6 Å². The summed E-state index contributed by atoms with van der Waals surface area (Å²) in [5, 5.41) is 1.15. The number of hydrogen-bond acceptors (Lipinski definition) is 2. The van der Waals surface area contributed by atoms with Crippen molar-refractivity contribution in [3.63, 3.8) is 0 Å². The van der Waals surface area contributed by atoms with E-state index in [1.54, 1.807) is 0 Å². The van der Waals surface area contributed by atoms with E-state index in [0.29, 0.717) is 11.8 Å². The molecule has 0 aliphatic carbocycles. The predicted molar refractivity (Wildman–Crippen MR) is 133 cm³/mol. The fourth-order valence-corrected chi connectivity index (χ4v) is 5.69. The fourth-order valence-electron chi connectivity index (χ4n) is 4.15. The van der Waals surface area contributed by atoms with Crippen molar-refractivity contribution < 1.29 is 9.05 Å². The lowest BCUT2D eigenvalue weighted by Crippen LogP contribution is -2.18. The molecule has 2 nitrogen and oxygen atoms in total. The van der Waals surface area contributed by atoms with E-state index in [0.717, 1.165) is 28.8 Å². The SMILES string of the molecule is CCCCc1cc(C(C)C)c(OP2Oc3ccccc3-c3ccccc32)c(C(C)C)c1. The number of para-hydroxylation sites is 1. The zero-order valence-corrected chi connectivity index (χ0v) is 20.2. The van der Waals surface area contributed by atoms with Crippen molar-refractivity contribution >= 4 is 13.7 Å². The zero-order chi connectivity index (χ0) is 22.0. The summed E-state index contributed by atoms with van der Waals surface area (Å²) in [6.45, 7) is 11.3. The van der Waals surface area contributed by atoms with Crippen LogP contribution in [0.5, 0.6) is 11.5 Å². The monoisotopic (exact) mass is 432 g/mol. The first-order valence-electron chi connectivity index (χ1n) is 11.5. The van der Waals surface area contributed by atoms with Crippen LogP contribution in [0.2, 0.25) is 0 Å². The van der Waals surface area contributed by atoms with Gasteiger partial charge in [-0.2, -0.15) is 0 Å². The molecule has 0 fully saturated rings. The van der Waals surface area contributed by atoms with Crippen LogP contribution in [0, 0.1) is 0 Å². The molecule has 3 aromatic carbocycles. The van der Waals surface area contributed by atoms with E-state index in [1.807, 2.05) is 12.1 Å². The van der Waals surface area contributed by atoms with Gasteiger partial charge >= 0.3 is 8.38 Å². The van der Waals surface area contributed by atoms with Gasteiger partial charge in [0.15, 0.2) is 0 Å². The first-order chi connectivity index (χ1) is 15.0. The Morgan fingerprint density at radius 3 is 2.10 bits per heavy atom. The van der Waals surface area contributed by atoms with Gasteiger partial charge in [0.2, 0.25) is 0 Å². The minimum Gasteiger partial charge on any atom is -0.435 e. The molecule has 1 unspecified atom stereocenters. The van der Waals surface area contributed by atoms with Gasteiger partial charge in [-0.25, -0.2) is 0 Å². The van der Waals surface area contributed by atoms with Crippen molar-refractivity contribution in [3.05, 3.63) is 77.4 Å². The van der Waals surface area contributed by atoms with Gasteiger partial charge in [0, 0.05) is 5.56 Å². The highest BCUT2D eigenvalue weighted by atomic mass is 31.2. The molecule has 0 N–H and O–H groups in total. The summed E-state index contributed by atoms with van der Waals surface area (Å²) in [5.74, 6) is 2.70. The molecule has 1 aliphatic rings. The third-order valence-electron chi connectivity index (χ3n) is 5.90. The van der Waals surface area contributed by atoms with Crippen LogP contribution in [0.4, 0.5) is 0 Å². The van der Waals surface area contributed by atoms with Crippen LogP contribution in [-0.4, -0.2) is 0 Å². The average molecular weight is 433 g/mol. The highest BCUT2D eigenvalue weighted by Crippen LogP contribution is 2.51. The fraction of sp³-hybridized carbons (Fsp3) is 0.357. The van der Waals surface area contributed by atoms with E-state index < -0.39 is 8.38 Å². The summed E-state index contributed by atoms with van der Waals surface area (Å²) in [5.41, 5.74) is 6.36. The highest BCUT2D eigenvalue weighted by Gasteiger charge is 2.31. The van der Waals surface area contributed by atoms with Gasteiger partial charge in [0.05, 0.1) is 5.30 Å². The van der Waals surface area contributed by atoms with E-state index in [4.69, 9.17) is 9.05 Å². The Morgan fingerprint density at radius 2 is 1.45 bits per heavy atom. The van der Waals surface area contributed by atoms with Crippen LogP contribution in [-0.2, 0) is 6.42 Å². The number of rotatable bonds is 7. The standard InChI is InChI=1S/C28H33O2P/c1-6-7-12-21-17-24(19(2)3)28(25(18-21)20(4)5)30-31-27-16-11-9-14-23(27)22-13-8-10-15-26(22)29-31/h8-11,13-20H,6-7,12H2,1-5H3. The van der Waals surface area contributed by atoms with Crippen LogP contribution in [0.25, 0.3) is 11.1 Å². The van der Waals surface area contributed by atoms with Gasteiger partial charge < -0.3 is 9.05 Å². The molecule has 0 amide bonds. The molecule has 162 valence electrons. The summed E-state index contributed by atoms with van der Waals surface area (Å²) >= 11 is 0. The Bertz CT molecular complexity index is 1030. The molecule has 31 heavy (non-hydrogen) atoms. The Balaban J connectivity index is 1.78. The van der Waals surface area contributed by atoms with Crippen molar-refractivity contribution in [1.82, 2.24) is 0 Å². The van der Waals surface area contributed by atoms with Gasteiger partial charge in [-0.05, 0) is 59.1 Å². The van der Waals surface area contributed by atoms with Crippen molar-refractivity contribution in [1.29, 1.82) is 0 Å². The van der Waals surface area contributed by atoms with Crippen molar-refractivity contribution in [2.45, 2.75) is 65.7 Å². The summed E-state index contributed by atoms with van der Waals surface area (Å²) < 4.78 is 13.3. The maximum Gasteiger partial charge on any atom is 0.326 e. The summed E-state index contributed by atoms with van der Waals surface area (Å²) in [7, 11) is -1.25. The highest BCUT2D eigenvalue weighted by molar-refractivity contribution is 7.57. The lowest BCUT2D eigenvalue weighted by atomic mass is 9.90. The summed E-state index contributed by atoms with van der Waals surface area (Å²) in [4.78, 5) is 0. The van der Waals surface area contributed by atoms with E-state index >= 15 is 0 Å². The second-order valence-corrected chi connectivity index (χ2v) is 10.3. The van der Waals surface area contributed by atoms with Gasteiger partial charge in [0.1, 0.15) is 11.5 Å². The number of aryl methyl sites for hydroxylation is 1. The van der Waals surface area contributed by atoms with Crippen LogP contribution in [0.3, 0.4) is 0 Å². The van der Waals surface area contributed by atoms with E-state index in [2.05, 4.69) is 83.1 Å². The van der Waals surface area contributed by atoms with E-state index in [9.17, 15) is 0 Å². The average Bonchev–Trinajstić information content (AvgIpc) is 2.78. The molecular formula is C28H33O2P. The van der Waals surface area contributed by atoms with E-state index in [-0.39, 0.29) is 0 Å². The molecule has 0 spiro atoms. The van der Waals surface area contributed by atoms with Crippen LogP contribution in [0.15, 0.2) is 60.7 Å². The zero-order valence-electron chi connectivity index (χ0n) is 19.3.